The van der Waals surface area contributed by atoms with E-state index in [-0.39, 0.29) is 29.2 Å². The summed E-state index contributed by atoms with van der Waals surface area (Å²) < 4.78 is 10.9. The molecule has 0 radical (unpaired) electrons. The van der Waals surface area contributed by atoms with Gasteiger partial charge in [0.05, 0.1) is 12.8 Å². The molecule has 2 aromatic rings. The Hall–Kier alpha value is -3.49. The van der Waals surface area contributed by atoms with Crippen LogP contribution in [0.5, 0.6) is 11.5 Å². The van der Waals surface area contributed by atoms with Crippen LogP contribution in [-0.4, -0.2) is 64.4 Å². The molecular formula is C29H42N4O5. The first kappa shape index (κ1) is 29.1. The molecule has 0 unspecified atom stereocenters. The Balaban J connectivity index is 1.76. The minimum atomic E-state index is -0.537. The zero-order valence-corrected chi connectivity index (χ0v) is 23.7. The average molecular weight is 527 g/mol. The monoisotopic (exact) mass is 526 g/mol. The van der Waals surface area contributed by atoms with Crippen LogP contribution < -0.4 is 10.1 Å². The third-order valence-electron chi connectivity index (χ3n) is 6.50. The number of amides is 3. The number of carbonyl (C=O) groups excluding carboxylic acids is 2. The van der Waals surface area contributed by atoms with Crippen molar-refractivity contribution in [2.75, 3.05) is 32.1 Å². The van der Waals surface area contributed by atoms with E-state index in [2.05, 4.69) is 10.3 Å². The van der Waals surface area contributed by atoms with Gasteiger partial charge in [-0.1, -0.05) is 26.8 Å². The average Bonchev–Trinajstić information content (AvgIpc) is 2.84. The van der Waals surface area contributed by atoms with E-state index < -0.39 is 5.60 Å². The van der Waals surface area contributed by atoms with Gasteiger partial charge < -0.3 is 29.7 Å². The summed E-state index contributed by atoms with van der Waals surface area (Å²) in [5.74, 6) is 0.787. The number of piperidine rings is 1. The number of likely N-dealkylation sites (tertiary alicyclic amines) is 1. The van der Waals surface area contributed by atoms with Gasteiger partial charge in [0.2, 0.25) is 0 Å². The summed E-state index contributed by atoms with van der Waals surface area (Å²) in [5, 5.41) is 13.9. The van der Waals surface area contributed by atoms with Gasteiger partial charge in [-0.25, -0.2) is 9.59 Å². The zero-order valence-electron chi connectivity index (χ0n) is 23.7. The molecule has 1 aromatic heterocycles. The van der Waals surface area contributed by atoms with Crippen molar-refractivity contribution in [1.82, 2.24) is 14.8 Å². The normalized spacial score (nSPS) is 14.7. The van der Waals surface area contributed by atoms with E-state index in [1.54, 1.807) is 41.4 Å². The highest BCUT2D eigenvalue weighted by Gasteiger charge is 2.30. The van der Waals surface area contributed by atoms with Gasteiger partial charge in [-0.3, -0.25) is 4.98 Å². The number of benzene rings is 1. The summed E-state index contributed by atoms with van der Waals surface area (Å²) in [4.78, 5) is 33.7. The Labute approximate surface area is 226 Å². The second-order valence-corrected chi connectivity index (χ2v) is 11.9. The number of aromatic hydroxyl groups is 1. The van der Waals surface area contributed by atoms with Crippen LogP contribution >= 0.6 is 0 Å². The number of hydrogen-bond donors (Lipinski definition) is 2. The number of hydrogen-bond acceptors (Lipinski definition) is 6. The van der Waals surface area contributed by atoms with Crippen LogP contribution in [-0.2, 0) is 16.7 Å². The minimum Gasteiger partial charge on any atom is -0.505 e. The van der Waals surface area contributed by atoms with Crippen LogP contribution in [0.4, 0.5) is 15.3 Å². The maximum atomic E-state index is 13.6. The molecule has 3 rings (SSSR count). The highest BCUT2D eigenvalue weighted by Crippen LogP contribution is 2.39. The summed E-state index contributed by atoms with van der Waals surface area (Å²) in [6, 6.07) is 6.86. The summed E-state index contributed by atoms with van der Waals surface area (Å²) in [6.07, 6.45) is 4.65. The van der Waals surface area contributed by atoms with Gasteiger partial charge in [0, 0.05) is 50.2 Å². The van der Waals surface area contributed by atoms with Crippen molar-refractivity contribution < 1.29 is 24.2 Å². The molecule has 1 aliphatic heterocycles. The molecule has 1 aromatic carbocycles. The van der Waals surface area contributed by atoms with E-state index in [0.717, 1.165) is 18.4 Å². The molecular weight excluding hydrogens is 484 g/mol. The third kappa shape index (κ3) is 8.00. The van der Waals surface area contributed by atoms with E-state index >= 15 is 0 Å². The summed E-state index contributed by atoms with van der Waals surface area (Å²) in [7, 11) is 1.56. The van der Waals surface area contributed by atoms with E-state index in [9.17, 15) is 14.7 Å². The molecule has 2 heterocycles. The van der Waals surface area contributed by atoms with E-state index in [1.807, 2.05) is 53.7 Å². The van der Waals surface area contributed by atoms with Gasteiger partial charge in [0.15, 0.2) is 0 Å². The van der Waals surface area contributed by atoms with Crippen molar-refractivity contribution in [2.24, 2.45) is 5.92 Å². The Bertz CT molecular complexity index is 1100. The van der Waals surface area contributed by atoms with Gasteiger partial charge in [-0.05, 0) is 62.6 Å². The number of methoxy groups -OCH3 is 1. The number of carbonyl (C=O) groups is 2. The van der Waals surface area contributed by atoms with Gasteiger partial charge >= 0.3 is 12.1 Å². The molecule has 1 aliphatic rings. The fraction of sp³-hybridized carbons (Fsp3) is 0.552. The largest absolute Gasteiger partial charge is 0.505 e. The maximum Gasteiger partial charge on any atom is 0.410 e. The first-order valence-electron chi connectivity index (χ1n) is 13.1. The fourth-order valence-corrected chi connectivity index (χ4v) is 4.45. The van der Waals surface area contributed by atoms with E-state index in [1.165, 1.54) is 0 Å². The van der Waals surface area contributed by atoms with Crippen LogP contribution in [0.15, 0.2) is 36.7 Å². The predicted molar refractivity (Wildman–Crippen MR) is 148 cm³/mol. The molecule has 3 amide bonds. The molecule has 0 spiro atoms. The van der Waals surface area contributed by atoms with Crippen molar-refractivity contribution >= 4 is 17.8 Å². The number of nitrogens with one attached hydrogen (secondary N) is 1. The quantitative estimate of drug-likeness (QED) is 0.463. The van der Waals surface area contributed by atoms with Crippen molar-refractivity contribution in [3.63, 3.8) is 0 Å². The van der Waals surface area contributed by atoms with Crippen LogP contribution in [0.1, 0.15) is 65.5 Å². The number of aromatic nitrogens is 1. The van der Waals surface area contributed by atoms with E-state index in [4.69, 9.17) is 9.47 Å². The number of nitrogens with zero attached hydrogens (tertiary/aromatic N) is 3. The number of phenolic OH excluding ortho intramolecular Hbond substituents is 1. The van der Waals surface area contributed by atoms with Crippen LogP contribution in [0.3, 0.4) is 0 Å². The number of ether oxygens (including phenoxy) is 2. The Kier molecular flexibility index (Phi) is 9.12. The Morgan fingerprint density at radius 3 is 2.39 bits per heavy atom. The Morgan fingerprint density at radius 2 is 1.84 bits per heavy atom. The fourth-order valence-electron chi connectivity index (χ4n) is 4.45. The molecule has 0 saturated carbocycles. The summed E-state index contributed by atoms with van der Waals surface area (Å²) in [6.45, 7) is 13.6. The molecule has 1 saturated heterocycles. The van der Waals surface area contributed by atoms with Gasteiger partial charge in [-0.2, -0.15) is 0 Å². The highest BCUT2D eigenvalue weighted by molar-refractivity contribution is 5.91. The number of phenols is 1. The van der Waals surface area contributed by atoms with E-state index in [0.29, 0.717) is 43.2 Å². The second kappa shape index (κ2) is 11.9. The zero-order chi connectivity index (χ0) is 28.1. The lowest BCUT2D eigenvalue weighted by atomic mass is 9.85. The molecule has 0 atom stereocenters. The first-order chi connectivity index (χ1) is 17.8. The molecule has 0 aliphatic carbocycles. The van der Waals surface area contributed by atoms with Crippen molar-refractivity contribution in [1.29, 1.82) is 0 Å². The topological polar surface area (TPSA) is 104 Å². The molecule has 0 bridgehead atoms. The predicted octanol–water partition coefficient (Wildman–Crippen LogP) is 5.77. The van der Waals surface area contributed by atoms with Crippen molar-refractivity contribution in [2.45, 2.75) is 71.9 Å². The Morgan fingerprint density at radius 1 is 1.16 bits per heavy atom. The van der Waals surface area contributed by atoms with Gasteiger partial charge in [0.1, 0.15) is 17.1 Å². The van der Waals surface area contributed by atoms with Crippen LogP contribution in [0, 0.1) is 5.92 Å². The molecule has 208 valence electrons. The van der Waals surface area contributed by atoms with Crippen LogP contribution in [0.25, 0.3) is 0 Å². The van der Waals surface area contributed by atoms with Crippen molar-refractivity contribution in [3.8, 4) is 11.5 Å². The smallest absolute Gasteiger partial charge is 0.410 e. The summed E-state index contributed by atoms with van der Waals surface area (Å²) >= 11 is 0. The molecule has 1 fully saturated rings. The second-order valence-electron chi connectivity index (χ2n) is 11.9. The van der Waals surface area contributed by atoms with Gasteiger partial charge in [-0.15, -0.1) is 0 Å². The number of pyridine rings is 1. The minimum absolute atomic E-state index is 0.0265. The van der Waals surface area contributed by atoms with Crippen LogP contribution in [0.2, 0.25) is 0 Å². The number of anilines is 1. The molecule has 2 N–H and O–H groups in total. The number of rotatable bonds is 6. The lowest BCUT2D eigenvalue weighted by Crippen LogP contribution is -2.45. The third-order valence-corrected chi connectivity index (χ3v) is 6.50. The van der Waals surface area contributed by atoms with Gasteiger partial charge in [0.25, 0.3) is 0 Å². The van der Waals surface area contributed by atoms with Crippen molar-refractivity contribution in [3.05, 3.63) is 47.8 Å². The standard InChI is InChI=1S/C29H42N4O5/c1-28(2,3)23-15-22(37-7)16-24(25(23)34)31-26(35)33(19-21-9-8-12-30-17-21)18-20-10-13-32(14-11-20)27(36)38-29(4,5)6/h8-9,12,15-17,20,34H,10-11,13-14,18-19H2,1-7H3,(H,31,35). The lowest BCUT2D eigenvalue weighted by molar-refractivity contribution is 0.0173. The number of urea groups is 1. The molecule has 38 heavy (non-hydrogen) atoms. The molecule has 9 nitrogen and oxygen atoms in total. The summed E-state index contributed by atoms with van der Waals surface area (Å²) in [5.41, 5.74) is 0.996. The lowest BCUT2D eigenvalue weighted by Gasteiger charge is -2.35. The first-order valence-corrected chi connectivity index (χ1v) is 13.1. The SMILES string of the molecule is COc1cc(NC(=O)N(Cc2cccnc2)CC2CCN(C(=O)OC(C)(C)C)CC2)c(O)c(C(C)(C)C)c1. The molecule has 9 heteroatoms. The highest BCUT2D eigenvalue weighted by atomic mass is 16.6. The maximum absolute atomic E-state index is 13.6.